The molecule has 1 saturated heterocycles. The van der Waals surface area contributed by atoms with Gasteiger partial charge in [-0.25, -0.2) is 23.5 Å². The SMILES string of the molecule is CC[C@@H](c1ccccc1)n1c(=O)n2n(c1=O)[C@@H]1C(=C(NOC[C@@H](O)COCc3ccco3)[C@H]3O[C@H]3[C@H]1O)CC2. The highest BCUT2D eigenvalue weighted by molar-refractivity contribution is 5.34. The minimum Gasteiger partial charge on any atom is -0.467 e. The predicted molar refractivity (Wildman–Crippen MR) is 137 cm³/mol. The first-order chi connectivity index (χ1) is 19.0. The summed E-state index contributed by atoms with van der Waals surface area (Å²) in [5, 5.41) is 21.4. The van der Waals surface area contributed by atoms with E-state index in [2.05, 4.69) is 5.48 Å². The van der Waals surface area contributed by atoms with Crippen LogP contribution < -0.4 is 16.9 Å². The zero-order chi connectivity index (χ0) is 27.1. The van der Waals surface area contributed by atoms with Gasteiger partial charge in [0.15, 0.2) is 0 Å². The molecule has 3 aliphatic rings. The second kappa shape index (κ2) is 10.6. The number of aliphatic hydroxyl groups excluding tert-OH is 2. The zero-order valence-electron chi connectivity index (χ0n) is 21.5. The second-order valence-corrected chi connectivity index (χ2v) is 10.0. The number of furan rings is 1. The van der Waals surface area contributed by atoms with Gasteiger partial charge in [-0.2, -0.15) is 0 Å². The summed E-state index contributed by atoms with van der Waals surface area (Å²) in [7, 11) is 0. The monoisotopic (exact) mass is 540 g/mol. The van der Waals surface area contributed by atoms with E-state index in [-0.39, 0.29) is 26.4 Å². The summed E-state index contributed by atoms with van der Waals surface area (Å²) in [6, 6.07) is 11.8. The number of epoxide rings is 1. The van der Waals surface area contributed by atoms with Gasteiger partial charge < -0.3 is 24.1 Å². The number of hydrogen-bond acceptors (Lipinski definition) is 9. The molecule has 0 radical (unpaired) electrons. The molecule has 0 saturated carbocycles. The van der Waals surface area contributed by atoms with Crippen LogP contribution in [0.15, 0.2) is 74.0 Å². The highest BCUT2D eigenvalue weighted by Gasteiger charge is 2.57. The van der Waals surface area contributed by atoms with E-state index in [0.717, 1.165) is 11.1 Å². The molecule has 1 aliphatic carbocycles. The first-order valence-corrected chi connectivity index (χ1v) is 13.2. The van der Waals surface area contributed by atoms with Crippen molar-refractivity contribution in [2.75, 3.05) is 13.2 Å². The fourth-order valence-electron chi connectivity index (χ4n) is 5.72. The topological polar surface area (TPSA) is 146 Å². The van der Waals surface area contributed by atoms with Crippen LogP contribution in [0.1, 0.15) is 43.2 Å². The van der Waals surface area contributed by atoms with Gasteiger partial charge in [0.2, 0.25) is 0 Å². The summed E-state index contributed by atoms with van der Waals surface area (Å²) in [5.74, 6) is 0.658. The summed E-state index contributed by atoms with van der Waals surface area (Å²) >= 11 is 0. The van der Waals surface area contributed by atoms with Crippen LogP contribution in [0.5, 0.6) is 0 Å². The predicted octanol–water partition coefficient (Wildman–Crippen LogP) is 0.844. The second-order valence-electron chi connectivity index (χ2n) is 10.0. The van der Waals surface area contributed by atoms with Crippen LogP contribution in [0, 0.1) is 0 Å². The normalized spacial score (nSPS) is 25.0. The van der Waals surface area contributed by atoms with E-state index in [1.165, 1.54) is 13.9 Å². The Hall–Kier alpha value is -3.42. The molecule has 6 atom stereocenters. The van der Waals surface area contributed by atoms with Gasteiger partial charge in [0, 0.05) is 6.54 Å². The maximum Gasteiger partial charge on any atom is 0.348 e. The van der Waals surface area contributed by atoms with Crippen molar-refractivity contribution in [3.8, 4) is 0 Å². The molecule has 6 rings (SSSR count). The minimum atomic E-state index is -0.993. The van der Waals surface area contributed by atoms with Crippen LogP contribution in [0.25, 0.3) is 0 Å². The van der Waals surface area contributed by atoms with Gasteiger partial charge in [-0.05, 0) is 36.1 Å². The molecule has 2 aromatic heterocycles. The molecule has 2 aliphatic heterocycles. The van der Waals surface area contributed by atoms with Crippen molar-refractivity contribution in [2.24, 2.45) is 0 Å². The number of hydrogen-bond donors (Lipinski definition) is 3. The Morgan fingerprint density at radius 3 is 2.69 bits per heavy atom. The summed E-state index contributed by atoms with van der Waals surface area (Å²) in [4.78, 5) is 32.8. The summed E-state index contributed by atoms with van der Waals surface area (Å²) < 4.78 is 20.5. The number of ether oxygens (including phenoxy) is 2. The molecule has 208 valence electrons. The quantitative estimate of drug-likeness (QED) is 0.238. The van der Waals surface area contributed by atoms with E-state index in [1.54, 1.807) is 18.4 Å². The lowest BCUT2D eigenvalue weighted by Crippen LogP contribution is -2.47. The van der Waals surface area contributed by atoms with E-state index in [1.807, 2.05) is 37.3 Å². The van der Waals surface area contributed by atoms with Gasteiger partial charge in [0.1, 0.15) is 49.4 Å². The van der Waals surface area contributed by atoms with Crippen molar-refractivity contribution in [3.63, 3.8) is 0 Å². The number of nitrogens with zero attached hydrogens (tertiary/aromatic N) is 3. The minimum absolute atomic E-state index is 0.0490. The first kappa shape index (κ1) is 25.8. The van der Waals surface area contributed by atoms with Crippen LogP contribution in [-0.2, 0) is 27.5 Å². The number of hydroxylamine groups is 1. The third kappa shape index (κ3) is 4.68. The third-order valence-electron chi connectivity index (χ3n) is 7.59. The average Bonchev–Trinajstić information content (AvgIpc) is 3.51. The van der Waals surface area contributed by atoms with Gasteiger partial charge in [0.05, 0.1) is 24.6 Å². The molecule has 0 spiro atoms. The Morgan fingerprint density at radius 1 is 1.13 bits per heavy atom. The van der Waals surface area contributed by atoms with Gasteiger partial charge in [-0.3, -0.25) is 10.3 Å². The standard InChI is InChI=1S/C27H32N4O8/c1-2-20(16-7-4-3-5-8-16)30-26(34)29-11-10-19-21(24-25(39-24)23(33)22(19)31(29)27(30)35)28-38-14-17(32)13-36-15-18-9-6-12-37-18/h3-9,12,17,20,22-25,28,32-33H,2,10-11,13-15H2,1H3/t17-,20-,22+,23-,24+,25-/m0/s1. The number of nitrogens with one attached hydrogen (secondary N) is 1. The van der Waals surface area contributed by atoms with Crippen LogP contribution in [0.4, 0.5) is 0 Å². The smallest absolute Gasteiger partial charge is 0.348 e. The number of fused-ring (bicyclic) bond motifs is 4. The summed E-state index contributed by atoms with van der Waals surface area (Å²) in [6.45, 7) is 2.44. The fraction of sp³-hybridized carbons (Fsp3) is 0.481. The largest absolute Gasteiger partial charge is 0.467 e. The molecule has 3 aromatic rings. The first-order valence-electron chi connectivity index (χ1n) is 13.2. The molecule has 12 heteroatoms. The van der Waals surface area contributed by atoms with Crippen LogP contribution in [0.3, 0.4) is 0 Å². The number of aliphatic hydroxyl groups is 2. The zero-order valence-corrected chi connectivity index (χ0v) is 21.5. The Kier molecular flexibility index (Phi) is 7.04. The van der Waals surface area contributed by atoms with E-state index >= 15 is 0 Å². The van der Waals surface area contributed by atoms with Gasteiger partial charge in [-0.15, -0.1) is 0 Å². The lowest BCUT2D eigenvalue weighted by Gasteiger charge is -2.35. The fourth-order valence-corrected chi connectivity index (χ4v) is 5.72. The molecule has 0 bridgehead atoms. The molecule has 12 nitrogen and oxygen atoms in total. The molecule has 0 unspecified atom stereocenters. The Morgan fingerprint density at radius 2 is 1.95 bits per heavy atom. The van der Waals surface area contributed by atoms with E-state index in [4.69, 9.17) is 18.7 Å². The molecular formula is C27H32N4O8. The van der Waals surface area contributed by atoms with Crippen LogP contribution in [0.2, 0.25) is 0 Å². The lowest BCUT2D eigenvalue weighted by molar-refractivity contribution is -0.0502. The number of aromatic nitrogens is 3. The maximum atomic E-state index is 13.7. The summed E-state index contributed by atoms with van der Waals surface area (Å²) in [5.41, 5.74) is 4.26. The Balaban J connectivity index is 1.21. The molecule has 39 heavy (non-hydrogen) atoms. The number of benzene rings is 1. The van der Waals surface area contributed by atoms with Crippen molar-refractivity contribution in [2.45, 2.75) is 69.4 Å². The van der Waals surface area contributed by atoms with Gasteiger partial charge >= 0.3 is 11.4 Å². The van der Waals surface area contributed by atoms with E-state index in [0.29, 0.717) is 24.3 Å². The van der Waals surface area contributed by atoms with Crippen molar-refractivity contribution in [1.82, 2.24) is 19.4 Å². The molecule has 4 heterocycles. The van der Waals surface area contributed by atoms with Crippen molar-refractivity contribution in [1.29, 1.82) is 0 Å². The van der Waals surface area contributed by atoms with E-state index in [9.17, 15) is 19.8 Å². The van der Waals surface area contributed by atoms with Crippen molar-refractivity contribution in [3.05, 3.63) is 92.3 Å². The van der Waals surface area contributed by atoms with Crippen LogP contribution >= 0.6 is 0 Å². The van der Waals surface area contributed by atoms with Gasteiger partial charge in [-0.1, -0.05) is 37.3 Å². The van der Waals surface area contributed by atoms with Crippen molar-refractivity contribution >= 4 is 0 Å². The average molecular weight is 541 g/mol. The van der Waals surface area contributed by atoms with Crippen molar-refractivity contribution < 1.29 is 28.9 Å². The Bertz CT molecular complexity index is 1440. The highest BCUT2D eigenvalue weighted by Crippen LogP contribution is 2.46. The summed E-state index contributed by atoms with van der Waals surface area (Å²) in [6.07, 6.45) is -0.274. The molecular weight excluding hydrogens is 508 g/mol. The van der Waals surface area contributed by atoms with Crippen LogP contribution in [-0.4, -0.2) is 61.8 Å². The number of rotatable bonds is 11. The molecule has 0 amide bonds. The lowest BCUT2D eigenvalue weighted by atomic mass is 9.86. The maximum absolute atomic E-state index is 13.7. The third-order valence-corrected chi connectivity index (χ3v) is 7.59. The molecule has 3 N–H and O–H groups in total. The Labute approximate surface area is 223 Å². The molecule has 1 fully saturated rings. The van der Waals surface area contributed by atoms with Gasteiger partial charge in [0.25, 0.3) is 0 Å². The molecule has 1 aromatic carbocycles. The van der Waals surface area contributed by atoms with E-state index < -0.39 is 47.9 Å². The highest BCUT2D eigenvalue weighted by atomic mass is 16.7.